The molecule has 0 spiro atoms. The Morgan fingerprint density at radius 3 is 3.00 bits per heavy atom. The molecule has 2 N–H and O–H groups in total. The molecule has 0 radical (unpaired) electrons. The van der Waals surface area contributed by atoms with Gasteiger partial charge in [0.05, 0.1) is 0 Å². The van der Waals surface area contributed by atoms with Crippen molar-refractivity contribution in [3.8, 4) is 0 Å². The van der Waals surface area contributed by atoms with Crippen LogP contribution in [0.5, 0.6) is 0 Å². The highest BCUT2D eigenvalue weighted by Crippen LogP contribution is 2.15. The highest BCUT2D eigenvalue weighted by atomic mass is 32.1. The molecule has 1 aromatic heterocycles. The van der Waals surface area contributed by atoms with E-state index in [1.54, 1.807) is 0 Å². The van der Waals surface area contributed by atoms with E-state index in [0.717, 1.165) is 18.9 Å². The average molecular weight is 169 g/mol. The van der Waals surface area contributed by atoms with Gasteiger partial charge in [0.25, 0.3) is 0 Å². The summed E-state index contributed by atoms with van der Waals surface area (Å²) in [6.45, 7) is 3.07. The van der Waals surface area contributed by atoms with Gasteiger partial charge in [-0.15, -0.1) is 11.3 Å². The predicted octanol–water partition coefficient (Wildman–Crippen LogP) is 2.28. The van der Waals surface area contributed by atoms with E-state index >= 15 is 0 Å². The largest absolute Gasteiger partial charge is 0.330 e. The van der Waals surface area contributed by atoms with Crippen molar-refractivity contribution in [1.29, 1.82) is 0 Å². The van der Waals surface area contributed by atoms with Gasteiger partial charge in [-0.2, -0.15) is 0 Å². The van der Waals surface area contributed by atoms with Gasteiger partial charge in [-0.25, -0.2) is 0 Å². The van der Waals surface area contributed by atoms with Crippen LogP contribution in [0.4, 0.5) is 0 Å². The molecule has 0 saturated heterocycles. The Morgan fingerprint density at radius 1 is 1.64 bits per heavy atom. The van der Waals surface area contributed by atoms with Crippen molar-refractivity contribution in [1.82, 2.24) is 0 Å². The van der Waals surface area contributed by atoms with Crippen molar-refractivity contribution < 1.29 is 0 Å². The Morgan fingerprint density at radius 2 is 2.45 bits per heavy atom. The van der Waals surface area contributed by atoms with Crippen LogP contribution in [-0.4, -0.2) is 6.54 Å². The average Bonchev–Trinajstić information content (AvgIpc) is 2.40. The summed E-state index contributed by atoms with van der Waals surface area (Å²) in [6, 6.07) is 4.30. The maximum atomic E-state index is 5.46. The highest BCUT2D eigenvalue weighted by Gasteiger charge is 2.02. The summed E-state index contributed by atoms with van der Waals surface area (Å²) in [5, 5.41) is 2.13. The maximum absolute atomic E-state index is 5.46. The Hall–Kier alpha value is -0.340. The van der Waals surface area contributed by atoms with Crippen molar-refractivity contribution in [3.63, 3.8) is 0 Å². The van der Waals surface area contributed by atoms with Crippen molar-refractivity contribution in [2.24, 2.45) is 11.7 Å². The molecule has 1 atom stereocenters. The van der Waals surface area contributed by atoms with Crippen LogP contribution in [0.25, 0.3) is 0 Å². The number of hydrogen-bond donors (Lipinski definition) is 1. The van der Waals surface area contributed by atoms with Crippen molar-refractivity contribution in [3.05, 3.63) is 22.4 Å². The molecule has 2 heteroatoms. The van der Waals surface area contributed by atoms with Gasteiger partial charge in [-0.3, -0.25) is 0 Å². The monoisotopic (exact) mass is 169 g/mol. The van der Waals surface area contributed by atoms with Gasteiger partial charge in [0.2, 0.25) is 0 Å². The lowest BCUT2D eigenvalue weighted by Crippen LogP contribution is -2.07. The Bertz CT molecular complexity index is 181. The molecule has 0 amide bonds. The zero-order valence-electron chi connectivity index (χ0n) is 6.92. The highest BCUT2D eigenvalue weighted by molar-refractivity contribution is 7.09. The molecule has 1 heterocycles. The molecule has 62 valence electrons. The third kappa shape index (κ3) is 3.04. The van der Waals surface area contributed by atoms with Crippen LogP contribution in [0.15, 0.2) is 17.5 Å². The van der Waals surface area contributed by atoms with E-state index in [2.05, 4.69) is 24.4 Å². The molecule has 0 fully saturated rings. The number of nitrogens with two attached hydrogens (primary N) is 1. The standard InChI is InChI=1S/C9H15NS/c1-8(4-5-10)7-9-3-2-6-11-9/h2-3,6,8H,4-5,7,10H2,1H3. The van der Waals surface area contributed by atoms with E-state index < -0.39 is 0 Å². The minimum Gasteiger partial charge on any atom is -0.330 e. The second-order valence-corrected chi connectivity index (χ2v) is 4.00. The summed E-state index contributed by atoms with van der Waals surface area (Å²) in [5.41, 5.74) is 5.46. The topological polar surface area (TPSA) is 26.0 Å². The van der Waals surface area contributed by atoms with Gasteiger partial charge < -0.3 is 5.73 Å². The molecule has 0 bridgehead atoms. The molecule has 0 aromatic carbocycles. The van der Waals surface area contributed by atoms with Crippen molar-refractivity contribution in [2.45, 2.75) is 19.8 Å². The number of rotatable bonds is 4. The lowest BCUT2D eigenvalue weighted by Gasteiger charge is -2.06. The molecule has 1 aromatic rings. The minimum absolute atomic E-state index is 0.735. The van der Waals surface area contributed by atoms with Gasteiger partial charge in [-0.1, -0.05) is 13.0 Å². The molecule has 0 aliphatic rings. The predicted molar refractivity (Wildman–Crippen MR) is 50.9 cm³/mol. The first-order chi connectivity index (χ1) is 5.33. The van der Waals surface area contributed by atoms with Gasteiger partial charge in [0.1, 0.15) is 0 Å². The van der Waals surface area contributed by atoms with E-state index in [-0.39, 0.29) is 0 Å². The number of thiophene rings is 1. The first-order valence-corrected chi connectivity index (χ1v) is 4.93. The third-order valence-corrected chi connectivity index (χ3v) is 2.69. The van der Waals surface area contributed by atoms with Gasteiger partial charge in [-0.05, 0) is 36.8 Å². The fourth-order valence-electron chi connectivity index (χ4n) is 1.16. The van der Waals surface area contributed by atoms with Crippen LogP contribution < -0.4 is 5.73 Å². The lowest BCUT2D eigenvalue weighted by atomic mass is 10.0. The summed E-state index contributed by atoms with van der Waals surface area (Å²) in [7, 11) is 0. The van der Waals surface area contributed by atoms with Crippen LogP contribution in [0.3, 0.4) is 0 Å². The lowest BCUT2D eigenvalue weighted by molar-refractivity contribution is 0.542. The van der Waals surface area contributed by atoms with E-state index in [9.17, 15) is 0 Å². The van der Waals surface area contributed by atoms with Gasteiger partial charge >= 0.3 is 0 Å². The van der Waals surface area contributed by atoms with E-state index in [4.69, 9.17) is 5.73 Å². The molecule has 0 aliphatic carbocycles. The van der Waals surface area contributed by atoms with Crippen molar-refractivity contribution in [2.75, 3.05) is 6.54 Å². The smallest absolute Gasteiger partial charge is 0.00478 e. The second-order valence-electron chi connectivity index (χ2n) is 2.97. The second kappa shape index (κ2) is 4.52. The molecule has 0 aliphatic heterocycles. The minimum atomic E-state index is 0.735. The van der Waals surface area contributed by atoms with Crippen LogP contribution in [0.1, 0.15) is 18.2 Å². The fraction of sp³-hybridized carbons (Fsp3) is 0.556. The van der Waals surface area contributed by atoms with E-state index in [1.165, 1.54) is 11.3 Å². The molecule has 11 heavy (non-hydrogen) atoms. The summed E-state index contributed by atoms with van der Waals surface area (Å²) in [5.74, 6) is 0.735. The first-order valence-electron chi connectivity index (χ1n) is 4.05. The molecule has 1 rings (SSSR count). The maximum Gasteiger partial charge on any atom is 0.00478 e. The summed E-state index contributed by atoms with van der Waals surface area (Å²) >= 11 is 1.84. The zero-order valence-corrected chi connectivity index (χ0v) is 7.73. The van der Waals surface area contributed by atoms with Crippen LogP contribution in [-0.2, 0) is 6.42 Å². The summed E-state index contributed by atoms with van der Waals surface area (Å²) < 4.78 is 0. The first kappa shape index (κ1) is 8.75. The van der Waals surface area contributed by atoms with Crippen LogP contribution in [0, 0.1) is 5.92 Å². The normalized spacial score (nSPS) is 13.3. The Labute approximate surface area is 72.2 Å². The van der Waals surface area contributed by atoms with Crippen LogP contribution in [0.2, 0.25) is 0 Å². The summed E-state index contributed by atoms with van der Waals surface area (Å²) in [6.07, 6.45) is 2.33. The Balaban J connectivity index is 2.31. The Kier molecular flexibility index (Phi) is 3.60. The summed E-state index contributed by atoms with van der Waals surface area (Å²) in [4.78, 5) is 1.48. The quantitative estimate of drug-likeness (QED) is 0.735. The molecular formula is C9H15NS. The van der Waals surface area contributed by atoms with E-state index in [0.29, 0.717) is 0 Å². The third-order valence-electron chi connectivity index (χ3n) is 1.79. The van der Waals surface area contributed by atoms with E-state index in [1.807, 2.05) is 11.3 Å². The SMILES string of the molecule is CC(CCN)Cc1cccs1. The molecule has 0 saturated carbocycles. The van der Waals surface area contributed by atoms with Gasteiger partial charge in [0, 0.05) is 4.88 Å². The fourth-order valence-corrected chi connectivity index (χ4v) is 2.03. The van der Waals surface area contributed by atoms with Crippen molar-refractivity contribution >= 4 is 11.3 Å². The van der Waals surface area contributed by atoms with Crippen LogP contribution >= 0.6 is 11.3 Å². The molecular weight excluding hydrogens is 154 g/mol. The number of hydrogen-bond acceptors (Lipinski definition) is 2. The molecule has 1 nitrogen and oxygen atoms in total. The zero-order chi connectivity index (χ0) is 8.10. The molecule has 1 unspecified atom stereocenters. The van der Waals surface area contributed by atoms with Gasteiger partial charge in [0.15, 0.2) is 0 Å².